The number of amidine groups is 1. The van der Waals surface area contributed by atoms with Gasteiger partial charge in [-0.25, -0.2) is 4.99 Å². The number of nitrogens with one attached hydrogen (secondary N) is 1. The van der Waals surface area contributed by atoms with Gasteiger partial charge in [0.1, 0.15) is 11.7 Å². The second-order valence-corrected chi connectivity index (χ2v) is 6.80. The highest BCUT2D eigenvalue weighted by molar-refractivity contribution is 6.31. The zero-order chi connectivity index (χ0) is 15.6. The van der Waals surface area contributed by atoms with Gasteiger partial charge in [-0.15, -0.1) is 0 Å². The maximum Gasteiger partial charge on any atom is 0.303 e. The Balaban J connectivity index is 1.37. The SMILES string of the molecule is NC1N2CC[C@H](C2)[C@@]12CN=C(Nc1nc3cc(Cl)ccc3o1)O2. The van der Waals surface area contributed by atoms with Crippen LogP contribution in [0.5, 0.6) is 0 Å². The molecule has 4 heterocycles. The number of halogens is 1. The predicted octanol–water partition coefficient (Wildman–Crippen LogP) is 1.64. The first-order valence-electron chi connectivity index (χ1n) is 7.70. The van der Waals surface area contributed by atoms with Crippen LogP contribution in [0.15, 0.2) is 27.6 Å². The quantitative estimate of drug-likeness (QED) is 0.824. The lowest BCUT2D eigenvalue weighted by molar-refractivity contribution is -0.00689. The number of nitrogens with two attached hydrogens (primary N) is 1. The molecular weight excluding hydrogens is 318 g/mol. The highest BCUT2D eigenvalue weighted by Crippen LogP contribution is 2.44. The minimum absolute atomic E-state index is 0.105. The Bertz CT molecular complexity index is 817. The van der Waals surface area contributed by atoms with Crippen molar-refractivity contribution in [3.8, 4) is 0 Å². The molecule has 1 spiro atoms. The van der Waals surface area contributed by atoms with E-state index in [1.807, 2.05) is 0 Å². The molecule has 0 aliphatic carbocycles. The zero-order valence-electron chi connectivity index (χ0n) is 12.3. The van der Waals surface area contributed by atoms with Crippen molar-refractivity contribution in [2.24, 2.45) is 16.6 Å². The number of aliphatic imine (C=N–C) groups is 1. The maximum atomic E-state index is 6.34. The van der Waals surface area contributed by atoms with E-state index in [9.17, 15) is 0 Å². The maximum absolute atomic E-state index is 6.34. The standard InChI is InChI=1S/C15H16ClN5O2/c16-9-1-2-11-10(5-9)19-14(22-11)20-13-18-7-15(23-13)8-3-4-21(6-8)12(15)17/h1-2,5,8,12H,3-4,6-7,17H2,(H,18,19,20)/t8-,12?,15+/m1/s1. The molecule has 8 heteroatoms. The summed E-state index contributed by atoms with van der Waals surface area (Å²) in [6, 6.07) is 6.07. The fraction of sp³-hybridized carbons (Fsp3) is 0.467. The molecule has 0 saturated carbocycles. The van der Waals surface area contributed by atoms with Crippen LogP contribution in [-0.2, 0) is 4.74 Å². The van der Waals surface area contributed by atoms with Crippen molar-refractivity contribution in [3.63, 3.8) is 0 Å². The Morgan fingerprint density at radius 1 is 1.43 bits per heavy atom. The van der Waals surface area contributed by atoms with Crippen molar-refractivity contribution in [1.29, 1.82) is 0 Å². The number of fused-ring (bicyclic) bond motifs is 4. The number of rotatable bonds is 1. The van der Waals surface area contributed by atoms with Crippen LogP contribution < -0.4 is 11.1 Å². The van der Waals surface area contributed by atoms with E-state index in [1.165, 1.54) is 0 Å². The van der Waals surface area contributed by atoms with E-state index in [0.717, 1.165) is 19.5 Å². The van der Waals surface area contributed by atoms with Crippen LogP contribution in [0, 0.1) is 5.92 Å². The van der Waals surface area contributed by atoms with E-state index in [0.29, 0.717) is 40.6 Å². The summed E-state index contributed by atoms with van der Waals surface area (Å²) >= 11 is 5.96. The Morgan fingerprint density at radius 2 is 2.35 bits per heavy atom. The zero-order valence-corrected chi connectivity index (χ0v) is 13.1. The lowest BCUT2D eigenvalue weighted by Gasteiger charge is -2.37. The minimum atomic E-state index is -0.407. The molecule has 2 bridgehead atoms. The van der Waals surface area contributed by atoms with Gasteiger partial charge in [-0.2, -0.15) is 4.98 Å². The fourth-order valence-electron chi connectivity index (χ4n) is 3.91. The molecular formula is C15H16ClN5O2. The first-order chi connectivity index (χ1) is 11.1. The number of benzene rings is 1. The number of oxazole rings is 1. The summed E-state index contributed by atoms with van der Waals surface area (Å²) in [6.45, 7) is 2.61. The van der Waals surface area contributed by atoms with Crippen molar-refractivity contribution in [3.05, 3.63) is 23.2 Å². The number of aromatic nitrogens is 1. The third-order valence-electron chi connectivity index (χ3n) is 5.12. The number of hydrogen-bond acceptors (Lipinski definition) is 7. The van der Waals surface area contributed by atoms with Crippen LogP contribution in [0.4, 0.5) is 6.01 Å². The molecule has 1 aromatic carbocycles. The number of anilines is 1. The fourth-order valence-corrected chi connectivity index (χ4v) is 4.07. The number of nitrogens with zero attached hydrogens (tertiary/aromatic N) is 3. The van der Waals surface area contributed by atoms with Gasteiger partial charge in [-0.05, 0) is 24.6 Å². The van der Waals surface area contributed by atoms with Crippen LogP contribution in [0.1, 0.15) is 6.42 Å². The van der Waals surface area contributed by atoms with Crippen molar-refractivity contribution in [2.45, 2.75) is 18.2 Å². The number of piperidine rings is 1. The Labute approximate surface area is 137 Å². The van der Waals surface area contributed by atoms with Crippen LogP contribution in [0.2, 0.25) is 5.02 Å². The average molecular weight is 334 g/mol. The lowest BCUT2D eigenvalue weighted by Crippen LogP contribution is -2.58. The Kier molecular flexibility index (Phi) is 2.72. The molecule has 120 valence electrons. The average Bonchev–Trinajstić information content (AvgIpc) is 3.26. The molecule has 2 unspecified atom stereocenters. The molecule has 23 heavy (non-hydrogen) atoms. The van der Waals surface area contributed by atoms with Gasteiger partial charge in [-0.3, -0.25) is 10.2 Å². The van der Waals surface area contributed by atoms with Gasteiger partial charge < -0.3 is 14.9 Å². The van der Waals surface area contributed by atoms with Gasteiger partial charge in [0, 0.05) is 24.0 Å². The van der Waals surface area contributed by atoms with Crippen molar-refractivity contribution >= 4 is 34.7 Å². The van der Waals surface area contributed by atoms with Crippen molar-refractivity contribution in [1.82, 2.24) is 9.88 Å². The summed E-state index contributed by atoms with van der Waals surface area (Å²) in [4.78, 5) is 11.1. The van der Waals surface area contributed by atoms with Gasteiger partial charge in [0.2, 0.25) is 0 Å². The molecule has 1 aromatic heterocycles. The van der Waals surface area contributed by atoms with Gasteiger partial charge in [-0.1, -0.05) is 11.6 Å². The Morgan fingerprint density at radius 3 is 3.17 bits per heavy atom. The van der Waals surface area contributed by atoms with Crippen molar-refractivity contribution in [2.75, 3.05) is 25.0 Å². The monoisotopic (exact) mass is 333 g/mol. The van der Waals surface area contributed by atoms with E-state index in [-0.39, 0.29) is 6.17 Å². The molecule has 2 aromatic rings. The predicted molar refractivity (Wildman–Crippen MR) is 86.4 cm³/mol. The third kappa shape index (κ3) is 1.90. The van der Waals surface area contributed by atoms with E-state index >= 15 is 0 Å². The topological polar surface area (TPSA) is 88.9 Å². The highest BCUT2D eigenvalue weighted by atomic mass is 35.5. The molecule has 5 rings (SSSR count). The lowest BCUT2D eigenvalue weighted by atomic mass is 9.85. The summed E-state index contributed by atoms with van der Waals surface area (Å²) in [5.41, 5.74) is 7.28. The van der Waals surface area contributed by atoms with E-state index < -0.39 is 5.60 Å². The molecule has 3 aliphatic rings. The van der Waals surface area contributed by atoms with E-state index in [4.69, 9.17) is 26.5 Å². The first-order valence-corrected chi connectivity index (χ1v) is 8.08. The molecule has 2 saturated heterocycles. The molecule has 4 atom stereocenters. The summed E-state index contributed by atoms with van der Waals surface area (Å²) < 4.78 is 11.8. The van der Waals surface area contributed by atoms with E-state index in [2.05, 4.69) is 20.2 Å². The number of hydrogen-bond donors (Lipinski definition) is 2. The summed E-state index contributed by atoms with van der Waals surface area (Å²) in [5.74, 6) is 0.433. The van der Waals surface area contributed by atoms with Crippen LogP contribution in [0.25, 0.3) is 11.1 Å². The smallest absolute Gasteiger partial charge is 0.303 e. The molecule has 0 radical (unpaired) electrons. The molecule has 0 amide bonds. The van der Waals surface area contributed by atoms with Crippen LogP contribution in [0.3, 0.4) is 0 Å². The second kappa shape index (κ2) is 4.59. The highest BCUT2D eigenvalue weighted by Gasteiger charge is 2.60. The Hall–Kier alpha value is -1.83. The normalized spacial score (nSPS) is 35.0. The minimum Gasteiger partial charge on any atom is -0.453 e. The first kappa shape index (κ1) is 13.6. The second-order valence-electron chi connectivity index (χ2n) is 6.36. The summed E-state index contributed by atoms with van der Waals surface area (Å²) in [6.07, 6.45) is 1.00. The van der Waals surface area contributed by atoms with Gasteiger partial charge >= 0.3 is 6.01 Å². The van der Waals surface area contributed by atoms with Crippen LogP contribution >= 0.6 is 11.6 Å². The van der Waals surface area contributed by atoms with Crippen LogP contribution in [-0.4, -0.2) is 47.3 Å². The van der Waals surface area contributed by atoms with Crippen molar-refractivity contribution < 1.29 is 9.15 Å². The largest absolute Gasteiger partial charge is 0.453 e. The molecule has 2 fully saturated rings. The van der Waals surface area contributed by atoms with E-state index in [1.54, 1.807) is 18.2 Å². The van der Waals surface area contributed by atoms with Gasteiger partial charge in [0.15, 0.2) is 11.2 Å². The molecule has 3 aliphatic heterocycles. The summed E-state index contributed by atoms with van der Waals surface area (Å²) in [7, 11) is 0. The molecule has 7 nitrogen and oxygen atoms in total. The van der Waals surface area contributed by atoms with Gasteiger partial charge in [0.05, 0.1) is 6.54 Å². The van der Waals surface area contributed by atoms with Gasteiger partial charge in [0.25, 0.3) is 6.02 Å². The number of ether oxygens (including phenoxy) is 1. The molecule has 3 N–H and O–H groups in total. The third-order valence-corrected chi connectivity index (χ3v) is 5.36. The summed E-state index contributed by atoms with van der Waals surface area (Å²) in [5, 5.41) is 3.63.